The molecule has 0 saturated carbocycles. The molecule has 1 atom stereocenters. The van der Waals surface area contributed by atoms with Crippen LogP contribution in [-0.2, 0) is 6.42 Å². The molecule has 30 heavy (non-hydrogen) atoms. The van der Waals surface area contributed by atoms with E-state index in [0.717, 1.165) is 36.0 Å². The molecule has 0 amide bonds. The standard InChI is InChI=1S/C26H26ClNO2/c1-29-24-17-20-13-15-28(14-7-10-19-8-4-3-5-9-19)26(23(20)18-25(24)30-2)21-11-6-12-22(27)16-21/h3-12,16-18,26H,13-15H2,1-2H3/b10-7+/t26-/m0/s1. The van der Waals surface area contributed by atoms with Crippen LogP contribution in [0.5, 0.6) is 11.5 Å². The minimum absolute atomic E-state index is 0.104. The number of methoxy groups -OCH3 is 2. The lowest BCUT2D eigenvalue weighted by atomic mass is 9.87. The fraction of sp³-hybridized carbons (Fsp3) is 0.231. The van der Waals surface area contributed by atoms with Crippen molar-refractivity contribution in [2.24, 2.45) is 0 Å². The summed E-state index contributed by atoms with van der Waals surface area (Å²) in [7, 11) is 3.37. The van der Waals surface area contributed by atoms with E-state index >= 15 is 0 Å². The van der Waals surface area contributed by atoms with Crippen LogP contribution in [0.15, 0.2) is 72.8 Å². The largest absolute Gasteiger partial charge is 0.493 e. The van der Waals surface area contributed by atoms with Crippen molar-refractivity contribution in [2.45, 2.75) is 12.5 Å². The number of halogens is 1. The van der Waals surface area contributed by atoms with Gasteiger partial charge in [0.05, 0.1) is 20.3 Å². The van der Waals surface area contributed by atoms with E-state index in [-0.39, 0.29) is 6.04 Å². The average molecular weight is 420 g/mol. The molecule has 4 heteroatoms. The Morgan fingerprint density at radius 2 is 1.73 bits per heavy atom. The van der Waals surface area contributed by atoms with Crippen LogP contribution in [0.4, 0.5) is 0 Å². The van der Waals surface area contributed by atoms with Gasteiger partial charge in [0.2, 0.25) is 0 Å². The van der Waals surface area contributed by atoms with Crippen molar-refractivity contribution in [2.75, 3.05) is 27.3 Å². The Bertz CT molecular complexity index is 1030. The van der Waals surface area contributed by atoms with Gasteiger partial charge in [-0.3, -0.25) is 4.90 Å². The van der Waals surface area contributed by atoms with Crippen LogP contribution >= 0.6 is 11.6 Å². The molecule has 154 valence electrons. The monoisotopic (exact) mass is 419 g/mol. The molecule has 0 N–H and O–H groups in total. The zero-order valence-corrected chi connectivity index (χ0v) is 18.1. The number of benzene rings is 3. The lowest BCUT2D eigenvalue weighted by Gasteiger charge is -2.37. The van der Waals surface area contributed by atoms with Crippen LogP contribution < -0.4 is 9.47 Å². The number of nitrogens with zero attached hydrogens (tertiary/aromatic N) is 1. The Balaban J connectivity index is 1.71. The van der Waals surface area contributed by atoms with Gasteiger partial charge in [0.25, 0.3) is 0 Å². The average Bonchev–Trinajstić information content (AvgIpc) is 2.78. The minimum Gasteiger partial charge on any atom is -0.493 e. The van der Waals surface area contributed by atoms with Gasteiger partial charge in [-0.15, -0.1) is 0 Å². The molecular weight excluding hydrogens is 394 g/mol. The summed E-state index contributed by atoms with van der Waals surface area (Å²) in [6.07, 6.45) is 5.38. The predicted octanol–water partition coefficient (Wildman–Crippen LogP) is 6.02. The minimum atomic E-state index is 0.104. The SMILES string of the molecule is COc1cc2c(cc1OC)[C@H](c1cccc(Cl)c1)N(C/C=C/c1ccccc1)CC2. The van der Waals surface area contributed by atoms with E-state index in [2.05, 4.69) is 65.6 Å². The van der Waals surface area contributed by atoms with Gasteiger partial charge >= 0.3 is 0 Å². The molecule has 0 bridgehead atoms. The van der Waals surface area contributed by atoms with Crippen molar-refractivity contribution in [3.05, 3.63) is 100 Å². The molecule has 1 heterocycles. The van der Waals surface area contributed by atoms with Crippen molar-refractivity contribution in [3.8, 4) is 11.5 Å². The Kier molecular flexibility index (Phi) is 6.41. The first-order chi connectivity index (χ1) is 14.7. The maximum Gasteiger partial charge on any atom is 0.161 e. The molecule has 0 unspecified atom stereocenters. The highest BCUT2D eigenvalue weighted by Crippen LogP contribution is 2.41. The molecule has 0 aliphatic carbocycles. The van der Waals surface area contributed by atoms with Crippen molar-refractivity contribution in [1.29, 1.82) is 0 Å². The number of ether oxygens (including phenoxy) is 2. The third kappa shape index (κ3) is 4.38. The first kappa shape index (κ1) is 20.5. The van der Waals surface area contributed by atoms with Crippen LogP contribution in [0.2, 0.25) is 5.02 Å². The second kappa shape index (κ2) is 9.38. The summed E-state index contributed by atoms with van der Waals surface area (Å²) >= 11 is 6.35. The molecule has 1 aliphatic heterocycles. The molecule has 0 aromatic heterocycles. The molecule has 0 radical (unpaired) electrons. The first-order valence-corrected chi connectivity index (χ1v) is 10.5. The van der Waals surface area contributed by atoms with Crippen LogP contribution in [0.1, 0.15) is 28.3 Å². The van der Waals surface area contributed by atoms with Crippen LogP contribution in [-0.4, -0.2) is 32.2 Å². The molecule has 3 aromatic carbocycles. The van der Waals surface area contributed by atoms with E-state index in [0.29, 0.717) is 0 Å². The van der Waals surface area contributed by atoms with Gasteiger partial charge in [-0.25, -0.2) is 0 Å². The number of rotatable bonds is 6. The predicted molar refractivity (Wildman–Crippen MR) is 124 cm³/mol. The summed E-state index contributed by atoms with van der Waals surface area (Å²) in [5.74, 6) is 1.53. The second-order valence-corrected chi connectivity index (χ2v) is 7.86. The fourth-order valence-electron chi connectivity index (χ4n) is 4.15. The number of hydrogen-bond acceptors (Lipinski definition) is 3. The van der Waals surface area contributed by atoms with Crippen molar-refractivity contribution >= 4 is 17.7 Å². The lowest BCUT2D eigenvalue weighted by Crippen LogP contribution is -2.36. The summed E-state index contributed by atoms with van der Waals surface area (Å²) in [6.45, 7) is 1.80. The molecule has 3 aromatic rings. The maximum atomic E-state index is 6.35. The molecule has 3 nitrogen and oxygen atoms in total. The van der Waals surface area contributed by atoms with Crippen molar-refractivity contribution in [3.63, 3.8) is 0 Å². The fourth-order valence-corrected chi connectivity index (χ4v) is 4.35. The van der Waals surface area contributed by atoms with E-state index < -0.39 is 0 Å². The van der Waals surface area contributed by atoms with Gasteiger partial charge < -0.3 is 9.47 Å². The number of fused-ring (bicyclic) bond motifs is 1. The van der Waals surface area contributed by atoms with Gasteiger partial charge in [0.1, 0.15) is 0 Å². The quantitative estimate of drug-likeness (QED) is 0.487. The van der Waals surface area contributed by atoms with Gasteiger partial charge in [-0.2, -0.15) is 0 Å². The third-order valence-corrected chi connectivity index (χ3v) is 5.82. The van der Waals surface area contributed by atoms with Crippen molar-refractivity contribution < 1.29 is 9.47 Å². The molecule has 0 spiro atoms. The highest BCUT2D eigenvalue weighted by atomic mass is 35.5. The Hall–Kier alpha value is -2.75. The van der Waals surface area contributed by atoms with Gasteiger partial charge in [0, 0.05) is 18.1 Å². The third-order valence-electron chi connectivity index (χ3n) is 5.59. The molecule has 1 aliphatic rings. The summed E-state index contributed by atoms with van der Waals surface area (Å²) in [6, 6.07) is 22.9. The molecular formula is C26H26ClNO2. The van der Waals surface area contributed by atoms with Gasteiger partial charge in [0.15, 0.2) is 11.5 Å². The highest BCUT2D eigenvalue weighted by Gasteiger charge is 2.30. The number of hydrogen-bond donors (Lipinski definition) is 0. The zero-order chi connectivity index (χ0) is 20.9. The van der Waals surface area contributed by atoms with E-state index in [1.807, 2.05) is 18.2 Å². The first-order valence-electron chi connectivity index (χ1n) is 10.2. The van der Waals surface area contributed by atoms with Crippen LogP contribution in [0, 0.1) is 0 Å². The van der Waals surface area contributed by atoms with Gasteiger partial charge in [-0.05, 0) is 52.9 Å². The van der Waals surface area contributed by atoms with Crippen LogP contribution in [0.3, 0.4) is 0 Å². The Morgan fingerprint density at radius 1 is 0.967 bits per heavy atom. The van der Waals surface area contributed by atoms with Gasteiger partial charge in [-0.1, -0.05) is 66.2 Å². The van der Waals surface area contributed by atoms with E-state index in [4.69, 9.17) is 21.1 Å². The van der Waals surface area contributed by atoms with Crippen molar-refractivity contribution in [1.82, 2.24) is 4.90 Å². The summed E-state index contributed by atoms with van der Waals surface area (Å²) in [5.41, 5.74) is 4.93. The summed E-state index contributed by atoms with van der Waals surface area (Å²) in [5, 5.41) is 0.750. The molecule has 0 saturated heterocycles. The second-order valence-electron chi connectivity index (χ2n) is 7.42. The Labute approximate surface area is 183 Å². The maximum absolute atomic E-state index is 6.35. The zero-order valence-electron chi connectivity index (χ0n) is 17.3. The summed E-state index contributed by atoms with van der Waals surface area (Å²) in [4.78, 5) is 2.49. The van der Waals surface area contributed by atoms with Crippen LogP contribution in [0.25, 0.3) is 6.08 Å². The molecule has 0 fully saturated rings. The van der Waals surface area contributed by atoms with E-state index in [1.54, 1.807) is 14.2 Å². The Morgan fingerprint density at radius 3 is 2.47 bits per heavy atom. The topological polar surface area (TPSA) is 21.7 Å². The smallest absolute Gasteiger partial charge is 0.161 e. The van der Waals surface area contributed by atoms with E-state index in [9.17, 15) is 0 Å². The normalized spacial score (nSPS) is 16.4. The molecule has 4 rings (SSSR count). The summed E-state index contributed by atoms with van der Waals surface area (Å²) < 4.78 is 11.1. The lowest BCUT2D eigenvalue weighted by molar-refractivity contribution is 0.236. The van der Waals surface area contributed by atoms with E-state index in [1.165, 1.54) is 22.3 Å². The highest BCUT2D eigenvalue weighted by molar-refractivity contribution is 6.30.